The molecule has 3 N–H and O–H groups in total. The number of anilines is 2. The van der Waals surface area contributed by atoms with Gasteiger partial charge in [-0.15, -0.1) is 0 Å². The van der Waals surface area contributed by atoms with Gasteiger partial charge in [0.05, 0.1) is 11.9 Å². The van der Waals surface area contributed by atoms with Gasteiger partial charge in [-0.2, -0.15) is 0 Å². The maximum atomic E-state index is 5.74. The Morgan fingerprint density at radius 3 is 2.73 bits per heavy atom. The summed E-state index contributed by atoms with van der Waals surface area (Å²) in [5.41, 5.74) is 7.90. The standard InChI is InChI=1S/C12H19N3/c1-3-12(5-4-6-12)15-11-7-9(2)10(13)8-14-11/h7-8H,3-6,13H2,1-2H3,(H,14,15). The summed E-state index contributed by atoms with van der Waals surface area (Å²) in [6, 6.07) is 2.03. The van der Waals surface area contributed by atoms with Crippen molar-refractivity contribution in [2.24, 2.45) is 0 Å². The Morgan fingerprint density at radius 2 is 2.27 bits per heavy atom. The molecule has 1 heterocycles. The van der Waals surface area contributed by atoms with E-state index in [1.807, 2.05) is 13.0 Å². The molecule has 3 heteroatoms. The molecule has 1 aromatic heterocycles. The maximum Gasteiger partial charge on any atom is 0.126 e. The molecule has 1 aromatic rings. The predicted octanol–water partition coefficient (Wildman–Crippen LogP) is 2.72. The van der Waals surface area contributed by atoms with Gasteiger partial charge in [0.1, 0.15) is 5.82 Å². The van der Waals surface area contributed by atoms with Crippen LogP contribution >= 0.6 is 0 Å². The van der Waals surface area contributed by atoms with Crippen molar-refractivity contribution in [3.8, 4) is 0 Å². The summed E-state index contributed by atoms with van der Waals surface area (Å²) in [6.07, 6.45) is 6.75. The van der Waals surface area contributed by atoms with Gasteiger partial charge in [0, 0.05) is 5.54 Å². The number of pyridine rings is 1. The van der Waals surface area contributed by atoms with Gasteiger partial charge in [-0.3, -0.25) is 0 Å². The molecule has 0 radical (unpaired) electrons. The molecule has 0 saturated heterocycles. The van der Waals surface area contributed by atoms with Crippen molar-refractivity contribution in [3.63, 3.8) is 0 Å². The first-order valence-corrected chi connectivity index (χ1v) is 5.65. The number of nitrogens with zero attached hydrogens (tertiary/aromatic N) is 1. The van der Waals surface area contributed by atoms with Crippen LogP contribution in [0.1, 0.15) is 38.2 Å². The molecule has 0 atom stereocenters. The Kier molecular flexibility index (Phi) is 2.55. The number of rotatable bonds is 3. The number of nitrogens with two attached hydrogens (primary N) is 1. The molecule has 0 unspecified atom stereocenters. The van der Waals surface area contributed by atoms with Crippen LogP contribution in [0.2, 0.25) is 0 Å². The molecule has 2 rings (SSSR count). The van der Waals surface area contributed by atoms with Gasteiger partial charge in [0.25, 0.3) is 0 Å². The first-order valence-electron chi connectivity index (χ1n) is 5.65. The average molecular weight is 205 g/mol. The first kappa shape index (κ1) is 10.3. The second-order valence-corrected chi connectivity index (χ2v) is 4.54. The van der Waals surface area contributed by atoms with Crippen LogP contribution < -0.4 is 11.1 Å². The average Bonchev–Trinajstić information content (AvgIpc) is 2.17. The topological polar surface area (TPSA) is 50.9 Å². The highest BCUT2D eigenvalue weighted by atomic mass is 15.1. The normalized spacial score (nSPS) is 18.3. The van der Waals surface area contributed by atoms with Gasteiger partial charge in [-0.25, -0.2) is 4.98 Å². The van der Waals surface area contributed by atoms with Gasteiger partial charge in [-0.1, -0.05) is 6.92 Å². The molecule has 1 fully saturated rings. The second kappa shape index (κ2) is 3.72. The molecule has 1 saturated carbocycles. The van der Waals surface area contributed by atoms with Crippen LogP contribution in [0.15, 0.2) is 12.3 Å². The van der Waals surface area contributed by atoms with E-state index in [0.29, 0.717) is 5.54 Å². The summed E-state index contributed by atoms with van der Waals surface area (Å²) in [5, 5.41) is 3.54. The van der Waals surface area contributed by atoms with Gasteiger partial charge >= 0.3 is 0 Å². The molecule has 0 bridgehead atoms. The second-order valence-electron chi connectivity index (χ2n) is 4.54. The molecule has 82 valence electrons. The van der Waals surface area contributed by atoms with Crippen molar-refractivity contribution >= 4 is 11.5 Å². The number of aryl methyl sites for hydroxylation is 1. The zero-order chi connectivity index (χ0) is 10.9. The van der Waals surface area contributed by atoms with Crippen molar-refractivity contribution in [2.75, 3.05) is 11.1 Å². The van der Waals surface area contributed by atoms with E-state index in [-0.39, 0.29) is 0 Å². The Morgan fingerprint density at radius 1 is 1.53 bits per heavy atom. The lowest BCUT2D eigenvalue weighted by atomic mass is 9.75. The molecule has 3 nitrogen and oxygen atoms in total. The smallest absolute Gasteiger partial charge is 0.126 e. The van der Waals surface area contributed by atoms with E-state index in [4.69, 9.17) is 5.73 Å². The van der Waals surface area contributed by atoms with Crippen molar-refractivity contribution in [3.05, 3.63) is 17.8 Å². The Bertz CT molecular complexity index is 350. The number of nitrogens with one attached hydrogen (secondary N) is 1. The minimum atomic E-state index is 0.301. The molecule has 0 aromatic carbocycles. The SMILES string of the molecule is CCC1(Nc2cc(C)c(N)cn2)CCC1. The summed E-state index contributed by atoms with van der Waals surface area (Å²) >= 11 is 0. The van der Waals surface area contributed by atoms with E-state index in [1.54, 1.807) is 6.20 Å². The van der Waals surface area contributed by atoms with Crippen molar-refractivity contribution in [1.82, 2.24) is 4.98 Å². The molecule has 0 spiro atoms. The van der Waals surface area contributed by atoms with E-state index in [1.165, 1.54) is 19.3 Å². The van der Waals surface area contributed by atoms with Crippen molar-refractivity contribution < 1.29 is 0 Å². The number of nitrogen functional groups attached to an aromatic ring is 1. The maximum absolute atomic E-state index is 5.74. The highest BCUT2D eigenvalue weighted by Crippen LogP contribution is 2.37. The molecule has 15 heavy (non-hydrogen) atoms. The minimum absolute atomic E-state index is 0.301. The molecular weight excluding hydrogens is 186 g/mol. The molecule has 0 amide bonds. The fraction of sp³-hybridized carbons (Fsp3) is 0.583. The first-order chi connectivity index (χ1) is 7.15. The molecule has 1 aliphatic rings. The molecule has 0 aliphatic heterocycles. The lowest BCUT2D eigenvalue weighted by Crippen LogP contribution is -2.44. The zero-order valence-corrected chi connectivity index (χ0v) is 9.51. The lowest BCUT2D eigenvalue weighted by molar-refractivity contribution is 0.269. The quantitative estimate of drug-likeness (QED) is 0.797. The van der Waals surface area contributed by atoms with Crippen LogP contribution in [0.5, 0.6) is 0 Å². The van der Waals surface area contributed by atoms with E-state index >= 15 is 0 Å². The van der Waals surface area contributed by atoms with Crippen LogP contribution in [-0.2, 0) is 0 Å². The van der Waals surface area contributed by atoms with E-state index < -0.39 is 0 Å². The highest BCUT2D eigenvalue weighted by molar-refractivity contribution is 5.52. The molecule has 1 aliphatic carbocycles. The van der Waals surface area contributed by atoms with Crippen LogP contribution in [0, 0.1) is 6.92 Å². The summed E-state index contributed by atoms with van der Waals surface area (Å²) in [4.78, 5) is 4.32. The fourth-order valence-electron chi connectivity index (χ4n) is 2.08. The van der Waals surface area contributed by atoms with Crippen molar-refractivity contribution in [2.45, 2.75) is 45.1 Å². The third-order valence-electron chi connectivity index (χ3n) is 3.53. The summed E-state index contributed by atoms with van der Waals surface area (Å²) in [6.45, 7) is 4.25. The largest absolute Gasteiger partial charge is 0.397 e. The minimum Gasteiger partial charge on any atom is -0.397 e. The number of aromatic nitrogens is 1. The fourth-order valence-corrected chi connectivity index (χ4v) is 2.08. The third kappa shape index (κ3) is 1.91. The summed E-state index contributed by atoms with van der Waals surface area (Å²) in [7, 11) is 0. The summed E-state index contributed by atoms with van der Waals surface area (Å²) < 4.78 is 0. The van der Waals surface area contributed by atoms with Crippen molar-refractivity contribution in [1.29, 1.82) is 0 Å². The van der Waals surface area contributed by atoms with Crippen LogP contribution in [0.3, 0.4) is 0 Å². The van der Waals surface area contributed by atoms with Crippen LogP contribution in [-0.4, -0.2) is 10.5 Å². The van der Waals surface area contributed by atoms with Crippen LogP contribution in [0.4, 0.5) is 11.5 Å². The van der Waals surface area contributed by atoms with E-state index in [9.17, 15) is 0 Å². The summed E-state index contributed by atoms with van der Waals surface area (Å²) in [5.74, 6) is 0.961. The number of hydrogen-bond acceptors (Lipinski definition) is 3. The van der Waals surface area contributed by atoms with Gasteiger partial charge in [0.2, 0.25) is 0 Å². The Labute approximate surface area is 91.1 Å². The van der Waals surface area contributed by atoms with E-state index in [2.05, 4.69) is 17.2 Å². The van der Waals surface area contributed by atoms with Gasteiger partial charge in [0.15, 0.2) is 0 Å². The Hall–Kier alpha value is -1.25. The van der Waals surface area contributed by atoms with Gasteiger partial charge < -0.3 is 11.1 Å². The van der Waals surface area contributed by atoms with Gasteiger partial charge in [-0.05, 0) is 44.2 Å². The predicted molar refractivity (Wildman–Crippen MR) is 63.9 cm³/mol. The zero-order valence-electron chi connectivity index (χ0n) is 9.51. The molecular formula is C12H19N3. The third-order valence-corrected chi connectivity index (χ3v) is 3.53. The highest BCUT2D eigenvalue weighted by Gasteiger charge is 2.35. The lowest BCUT2D eigenvalue weighted by Gasteiger charge is -2.42. The monoisotopic (exact) mass is 205 g/mol. The number of hydrogen-bond donors (Lipinski definition) is 2. The Balaban J connectivity index is 2.13. The van der Waals surface area contributed by atoms with E-state index in [0.717, 1.165) is 23.5 Å². The van der Waals surface area contributed by atoms with Crippen LogP contribution in [0.25, 0.3) is 0 Å².